The van der Waals surface area contributed by atoms with Crippen molar-refractivity contribution in [2.24, 2.45) is 11.7 Å². The zero-order valence-corrected chi connectivity index (χ0v) is 11.4. The molecule has 2 aromatic carbocycles. The lowest BCUT2D eigenvalue weighted by atomic mass is 10.0. The molecule has 2 aromatic rings. The van der Waals surface area contributed by atoms with Crippen molar-refractivity contribution in [3.05, 3.63) is 65.7 Å². The Kier molecular flexibility index (Phi) is 4.99. The minimum atomic E-state index is 0.351. The summed E-state index contributed by atoms with van der Waals surface area (Å²) in [5.74, 6) is 1.26. The van der Waals surface area contributed by atoms with Gasteiger partial charge in [-0.05, 0) is 37.6 Å². The summed E-state index contributed by atoms with van der Waals surface area (Å²) in [6.45, 7) is 3.37. The summed E-state index contributed by atoms with van der Waals surface area (Å²) in [4.78, 5) is 0. The molecule has 0 aliphatic heterocycles. The number of benzene rings is 2. The zero-order valence-electron chi connectivity index (χ0n) is 11.4. The van der Waals surface area contributed by atoms with E-state index in [9.17, 15) is 0 Å². The van der Waals surface area contributed by atoms with Gasteiger partial charge in [0.2, 0.25) is 0 Å². The van der Waals surface area contributed by atoms with E-state index in [0.29, 0.717) is 19.1 Å². The molecule has 0 heterocycles. The van der Waals surface area contributed by atoms with Crippen molar-refractivity contribution in [1.29, 1.82) is 0 Å². The Morgan fingerprint density at radius 2 is 1.68 bits per heavy atom. The molecular formula is C17H21NO. The maximum absolute atomic E-state index is 5.83. The van der Waals surface area contributed by atoms with Gasteiger partial charge < -0.3 is 10.5 Å². The molecule has 0 saturated heterocycles. The van der Waals surface area contributed by atoms with Gasteiger partial charge >= 0.3 is 0 Å². The SMILES string of the molecule is Cc1ccc(OCC(CN)Cc2ccccc2)cc1. The molecule has 0 radical (unpaired) electrons. The van der Waals surface area contributed by atoms with Gasteiger partial charge in [0.1, 0.15) is 5.75 Å². The lowest BCUT2D eigenvalue weighted by molar-refractivity contribution is 0.252. The van der Waals surface area contributed by atoms with Gasteiger partial charge in [0.15, 0.2) is 0 Å². The summed E-state index contributed by atoms with van der Waals surface area (Å²) < 4.78 is 5.81. The summed E-state index contributed by atoms with van der Waals surface area (Å²) in [5.41, 5.74) is 8.38. The molecule has 0 spiro atoms. The molecule has 0 aliphatic rings. The van der Waals surface area contributed by atoms with E-state index in [2.05, 4.69) is 43.3 Å². The highest BCUT2D eigenvalue weighted by Crippen LogP contribution is 2.14. The van der Waals surface area contributed by atoms with E-state index < -0.39 is 0 Å². The van der Waals surface area contributed by atoms with Crippen LogP contribution in [0, 0.1) is 12.8 Å². The van der Waals surface area contributed by atoms with E-state index in [-0.39, 0.29) is 0 Å². The molecule has 100 valence electrons. The van der Waals surface area contributed by atoms with E-state index in [1.54, 1.807) is 0 Å². The Bertz CT molecular complexity index is 478. The predicted molar refractivity (Wildman–Crippen MR) is 79.4 cm³/mol. The van der Waals surface area contributed by atoms with Crippen LogP contribution in [0.2, 0.25) is 0 Å². The van der Waals surface area contributed by atoms with Gasteiger partial charge in [-0.25, -0.2) is 0 Å². The van der Waals surface area contributed by atoms with Gasteiger partial charge in [-0.3, -0.25) is 0 Å². The van der Waals surface area contributed by atoms with Crippen molar-refractivity contribution in [3.63, 3.8) is 0 Å². The molecule has 0 amide bonds. The van der Waals surface area contributed by atoms with Gasteiger partial charge in [-0.15, -0.1) is 0 Å². The molecule has 0 bridgehead atoms. The lowest BCUT2D eigenvalue weighted by Gasteiger charge is -2.16. The number of hydrogen-bond acceptors (Lipinski definition) is 2. The van der Waals surface area contributed by atoms with Gasteiger partial charge in [0.25, 0.3) is 0 Å². The summed E-state index contributed by atoms with van der Waals surface area (Å²) >= 11 is 0. The van der Waals surface area contributed by atoms with Gasteiger partial charge in [0.05, 0.1) is 6.61 Å². The molecule has 0 aromatic heterocycles. The molecule has 2 nitrogen and oxygen atoms in total. The van der Waals surface area contributed by atoms with Gasteiger partial charge in [-0.2, -0.15) is 0 Å². The first kappa shape index (κ1) is 13.6. The van der Waals surface area contributed by atoms with Crippen molar-refractivity contribution in [2.75, 3.05) is 13.2 Å². The lowest BCUT2D eigenvalue weighted by Crippen LogP contribution is -2.23. The Balaban J connectivity index is 1.87. The second-order valence-electron chi connectivity index (χ2n) is 4.92. The van der Waals surface area contributed by atoms with Crippen LogP contribution in [0.1, 0.15) is 11.1 Å². The van der Waals surface area contributed by atoms with Crippen LogP contribution in [0.25, 0.3) is 0 Å². The van der Waals surface area contributed by atoms with Crippen LogP contribution in [0.4, 0.5) is 0 Å². The highest BCUT2D eigenvalue weighted by molar-refractivity contribution is 5.26. The second-order valence-corrected chi connectivity index (χ2v) is 4.92. The summed E-state index contributed by atoms with van der Waals surface area (Å²) in [7, 11) is 0. The van der Waals surface area contributed by atoms with Crippen molar-refractivity contribution in [1.82, 2.24) is 0 Å². The van der Waals surface area contributed by atoms with Crippen LogP contribution in [0.3, 0.4) is 0 Å². The summed E-state index contributed by atoms with van der Waals surface area (Å²) in [5, 5.41) is 0. The third kappa shape index (κ3) is 4.42. The zero-order chi connectivity index (χ0) is 13.5. The molecular weight excluding hydrogens is 234 g/mol. The smallest absolute Gasteiger partial charge is 0.119 e. The average Bonchev–Trinajstić information content (AvgIpc) is 2.46. The maximum Gasteiger partial charge on any atom is 0.119 e. The topological polar surface area (TPSA) is 35.2 Å². The van der Waals surface area contributed by atoms with E-state index in [4.69, 9.17) is 10.5 Å². The largest absolute Gasteiger partial charge is 0.493 e. The first-order valence-electron chi connectivity index (χ1n) is 6.71. The van der Waals surface area contributed by atoms with Crippen molar-refractivity contribution >= 4 is 0 Å². The third-order valence-electron chi connectivity index (χ3n) is 3.21. The van der Waals surface area contributed by atoms with Crippen LogP contribution < -0.4 is 10.5 Å². The Hall–Kier alpha value is -1.80. The Labute approximate surface area is 115 Å². The monoisotopic (exact) mass is 255 g/mol. The summed E-state index contributed by atoms with van der Waals surface area (Å²) in [6.07, 6.45) is 0.962. The number of ether oxygens (including phenoxy) is 1. The molecule has 19 heavy (non-hydrogen) atoms. The van der Waals surface area contributed by atoms with Gasteiger partial charge in [0, 0.05) is 5.92 Å². The van der Waals surface area contributed by atoms with E-state index in [1.807, 2.05) is 18.2 Å². The van der Waals surface area contributed by atoms with Crippen LogP contribution in [-0.2, 0) is 6.42 Å². The first-order chi connectivity index (χ1) is 9.28. The predicted octanol–water partition coefficient (Wildman–Crippen LogP) is 3.19. The Morgan fingerprint density at radius 1 is 1.00 bits per heavy atom. The molecule has 1 unspecified atom stereocenters. The van der Waals surface area contributed by atoms with Gasteiger partial charge in [-0.1, -0.05) is 48.0 Å². The van der Waals surface area contributed by atoms with E-state index in [0.717, 1.165) is 12.2 Å². The number of nitrogens with two attached hydrogens (primary N) is 1. The number of rotatable bonds is 6. The molecule has 1 atom stereocenters. The molecule has 2 heteroatoms. The fraction of sp³-hybridized carbons (Fsp3) is 0.294. The highest BCUT2D eigenvalue weighted by atomic mass is 16.5. The minimum Gasteiger partial charge on any atom is -0.493 e. The fourth-order valence-corrected chi connectivity index (χ4v) is 2.01. The summed E-state index contributed by atoms with van der Waals surface area (Å²) in [6, 6.07) is 18.5. The van der Waals surface area contributed by atoms with Crippen LogP contribution >= 0.6 is 0 Å². The van der Waals surface area contributed by atoms with Crippen LogP contribution in [0.15, 0.2) is 54.6 Å². The van der Waals surface area contributed by atoms with Crippen LogP contribution in [-0.4, -0.2) is 13.2 Å². The molecule has 0 saturated carbocycles. The normalized spacial score (nSPS) is 12.1. The molecule has 2 N–H and O–H groups in total. The van der Waals surface area contributed by atoms with Crippen molar-refractivity contribution < 1.29 is 4.74 Å². The Morgan fingerprint density at radius 3 is 2.32 bits per heavy atom. The average molecular weight is 255 g/mol. The van der Waals surface area contributed by atoms with E-state index >= 15 is 0 Å². The fourth-order valence-electron chi connectivity index (χ4n) is 2.01. The van der Waals surface area contributed by atoms with E-state index in [1.165, 1.54) is 11.1 Å². The highest BCUT2D eigenvalue weighted by Gasteiger charge is 2.08. The van der Waals surface area contributed by atoms with Crippen molar-refractivity contribution in [3.8, 4) is 5.75 Å². The third-order valence-corrected chi connectivity index (χ3v) is 3.21. The molecule has 0 aliphatic carbocycles. The molecule has 0 fully saturated rings. The maximum atomic E-state index is 5.83. The van der Waals surface area contributed by atoms with Crippen LogP contribution in [0.5, 0.6) is 5.75 Å². The second kappa shape index (κ2) is 6.95. The first-order valence-corrected chi connectivity index (χ1v) is 6.71. The number of hydrogen-bond donors (Lipinski definition) is 1. The quantitative estimate of drug-likeness (QED) is 0.860. The standard InChI is InChI=1S/C17H21NO/c1-14-7-9-17(10-8-14)19-13-16(12-18)11-15-5-3-2-4-6-15/h2-10,16H,11-13,18H2,1H3. The minimum absolute atomic E-state index is 0.351. The number of aryl methyl sites for hydroxylation is 1. The molecule has 2 rings (SSSR count). The van der Waals surface area contributed by atoms with Crippen molar-refractivity contribution in [2.45, 2.75) is 13.3 Å².